The van der Waals surface area contributed by atoms with Crippen molar-refractivity contribution in [2.75, 3.05) is 7.11 Å². The molecule has 3 heterocycles. The smallest absolute Gasteiger partial charge is 0.287 e. The van der Waals surface area contributed by atoms with Crippen LogP contribution in [0.25, 0.3) is 22.3 Å². The molecule has 0 bridgehead atoms. The molecule has 0 spiro atoms. The maximum Gasteiger partial charge on any atom is 0.287 e. The molecule has 1 aromatic carbocycles. The molecule has 3 aromatic heterocycles. The van der Waals surface area contributed by atoms with Crippen molar-refractivity contribution in [2.24, 2.45) is 0 Å². The average Bonchev–Trinajstić information content (AvgIpc) is 3.35. The number of aromatic nitrogens is 1. The number of carbonyl (C=O) groups excluding carboxylic acids is 1. The summed E-state index contributed by atoms with van der Waals surface area (Å²) in [6, 6.07) is 12.8. The quantitative estimate of drug-likeness (QED) is 0.589. The Hall–Kier alpha value is -3.54. The molecule has 6 nitrogen and oxygen atoms in total. The molecule has 0 saturated heterocycles. The van der Waals surface area contributed by atoms with Crippen molar-refractivity contribution in [3.63, 3.8) is 0 Å². The first-order chi connectivity index (χ1) is 12.7. The van der Waals surface area contributed by atoms with Crippen LogP contribution in [0, 0.1) is 0 Å². The molecular weight excluding hydrogens is 332 g/mol. The minimum Gasteiger partial charge on any atom is -0.493 e. The Morgan fingerprint density at radius 3 is 2.92 bits per heavy atom. The number of fused-ring (bicyclic) bond motifs is 1. The third-order valence-electron chi connectivity index (χ3n) is 4.01. The van der Waals surface area contributed by atoms with E-state index in [4.69, 9.17) is 13.6 Å². The first-order valence-electron chi connectivity index (χ1n) is 8.07. The third-order valence-corrected chi connectivity index (χ3v) is 4.01. The molecule has 0 radical (unpaired) electrons. The lowest BCUT2D eigenvalue weighted by atomic mass is 10.1. The predicted molar refractivity (Wildman–Crippen MR) is 95.9 cm³/mol. The van der Waals surface area contributed by atoms with Crippen LogP contribution in [0.1, 0.15) is 16.1 Å². The van der Waals surface area contributed by atoms with Gasteiger partial charge in [-0.15, -0.1) is 0 Å². The molecular formula is C20H16N2O4. The zero-order valence-electron chi connectivity index (χ0n) is 14.1. The lowest BCUT2D eigenvalue weighted by Crippen LogP contribution is -2.22. The maximum atomic E-state index is 12.4. The fourth-order valence-electron chi connectivity index (χ4n) is 2.74. The van der Waals surface area contributed by atoms with Gasteiger partial charge < -0.3 is 18.9 Å². The van der Waals surface area contributed by atoms with E-state index in [1.54, 1.807) is 37.9 Å². The van der Waals surface area contributed by atoms with Gasteiger partial charge in [0.25, 0.3) is 5.91 Å². The molecule has 0 aliphatic carbocycles. The molecule has 0 atom stereocenters. The van der Waals surface area contributed by atoms with Crippen LogP contribution in [0.4, 0.5) is 0 Å². The molecule has 0 aliphatic heterocycles. The number of pyridine rings is 1. The fourth-order valence-corrected chi connectivity index (χ4v) is 2.74. The maximum absolute atomic E-state index is 12.4. The number of hydrogen-bond donors (Lipinski definition) is 1. The number of hydrogen-bond acceptors (Lipinski definition) is 5. The second kappa shape index (κ2) is 6.76. The van der Waals surface area contributed by atoms with Crippen LogP contribution >= 0.6 is 0 Å². The van der Waals surface area contributed by atoms with Gasteiger partial charge in [0.15, 0.2) is 17.1 Å². The van der Waals surface area contributed by atoms with Crippen molar-refractivity contribution >= 4 is 16.9 Å². The summed E-state index contributed by atoms with van der Waals surface area (Å²) in [6.07, 6.45) is 5.03. The van der Waals surface area contributed by atoms with Gasteiger partial charge in [0, 0.05) is 29.9 Å². The highest BCUT2D eigenvalue weighted by atomic mass is 16.5. The van der Waals surface area contributed by atoms with E-state index in [-0.39, 0.29) is 11.7 Å². The number of ether oxygens (including phenoxy) is 1. The van der Waals surface area contributed by atoms with Crippen LogP contribution in [-0.2, 0) is 6.54 Å². The van der Waals surface area contributed by atoms with Crippen LogP contribution in [0.3, 0.4) is 0 Å². The van der Waals surface area contributed by atoms with Crippen LogP contribution < -0.4 is 10.1 Å². The number of furan rings is 2. The summed E-state index contributed by atoms with van der Waals surface area (Å²) >= 11 is 0. The molecule has 0 saturated carbocycles. The first kappa shape index (κ1) is 16.0. The summed E-state index contributed by atoms with van der Waals surface area (Å²) in [4.78, 5) is 16.6. The van der Waals surface area contributed by atoms with Gasteiger partial charge in [0.05, 0.1) is 13.4 Å². The van der Waals surface area contributed by atoms with Gasteiger partial charge in [-0.05, 0) is 35.9 Å². The number of benzene rings is 1. The molecule has 4 rings (SSSR count). The standard InChI is InChI=1S/C20H16N2O4/c1-24-17-5-2-4-14-9-18(26-19(14)17)20(23)22-11-13-8-15(12-21-10-13)16-6-3-7-25-16/h2-10,12H,11H2,1H3,(H,22,23). The number of carbonyl (C=O) groups is 1. The van der Waals surface area contributed by atoms with E-state index >= 15 is 0 Å². The summed E-state index contributed by atoms with van der Waals surface area (Å²) in [5.41, 5.74) is 2.28. The van der Waals surface area contributed by atoms with Crippen molar-refractivity contribution in [1.82, 2.24) is 10.3 Å². The summed E-state index contributed by atoms with van der Waals surface area (Å²) in [5.74, 6) is 1.26. The Morgan fingerprint density at radius 1 is 1.19 bits per heavy atom. The molecule has 1 N–H and O–H groups in total. The largest absolute Gasteiger partial charge is 0.493 e. The Balaban J connectivity index is 1.50. The number of rotatable bonds is 5. The molecule has 0 aliphatic rings. The minimum absolute atomic E-state index is 0.236. The second-order valence-corrected chi connectivity index (χ2v) is 5.73. The highest BCUT2D eigenvalue weighted by Gasteiger charge is 2.14. The summed E-state index contributed by atoms with van der Waals surface area (Å²) in [7, 11) is 1.57. The number of nitrogens with zero attached hydrogens (tertiary/aromatic N) is 1. The van der Waals surface area contributed by atoms with E-state index in [0.29, 0.717) is 17.9 Å². The van der Waals surface area contributed by atoms with Crippen molar-refractivity contribution in [3.8, 4) is 17.1 Å². The van der Waals surface area contributed by atoms with E-state index < -0.39 is 0 Å². The monoisotopic (exact) mass is 348 g/mol. The predicted octanol–water partition coefficient (Wildman–Crippen LogP) is 4.03. The molecule has 4 aromatic rings. The number of methoxy groups -OCH3 is 1. The summed E-state index contributed by atoms with van der Waals surface area (Å²) in [5, 5.41) is 3.66. The third kappa shape index (κ3) is 3.04. The van der Waals surface area contributed by atoms with Crippen molar-refractivity contribution in [1.29, 1.82) is 0 Å². The van der Waals surface area contributed by atoms with Gasteiger partial charge >= 0.3 is 0 Å². The van der Waals surface area contributed by atoms with Gasteiger partial charge in [-0.3, -0.25) is 9.78 Å². The van der Waals surface area contributed by atoms with Gasteiger partial charge in [-0.25, -0.2) is 0 Å². The van der Waals surface area contributed by atoms with Crippen LogP contribution in [0.2, 0.25) is 0 Å². The zero-order chi connectivity index (χ0) is 17.9. The van der Waals surface area contributed by atoms with E-state index in [1.807, 2.05) is 30.3 Å². The second-order valence-electron chi connectivity index (χ2n) is 5.73. The highest BCUT2D eigenvalue weighted by molar-refractivity contribution is 5.97. The van der Waals surface area contributed by atoms with Crippen LogP contribution in [-0.4, -0.2) is 18.0 Å². The van der Waals surface area contributed by atoms with E-state index in [1.165, 1.54) is 0 Å². The molecule has 6 heteroatoms. The number of nitrogens with one attached hydrogen (secondary N) is 1. The lowest BCUT2D eigenvalue weighted by Gasteiger charge is -2.04. The first-order valence-corrected chi connectivity index (χ1v) is 8.07. The van der Waals surface area contributed by atoms with E-state index in [0.717, 1.165) is 22.3 Å². The topological polar surface area (TPSA) is 77.5 Å². The molecule has 130 valence electrons. The number of para-hydroxylation sites is 1. The van der Waals surface area contributed by atoms with Crippen molar-refractivity contribution in [2.45, 2.75) is 6.54 Å². The number of amides is 1. The van der Waals surface area contributed by atoms with Gasteiger partial charge in [0.1, 0.15) is 5.76 Å². The normalized spacial score (nSPS) is 10.8. The minimum atomic E-state index is -0.299. The van der Waals surface area contributed by atoms with E-state index in [9.17, 15) is 4.79 Å². The molecule has 0 fully saturated rings. The lowest BCUT2D eigenvalue weighted by molar-refractivity contribution is 0.0925. The van der Waals surface area contributed by atoms with Gasteiger partial charge in [0.2, 0.25) is 0 Å². The highest BCUT2D eigenvalue weighted by Crippen LogP contribution is 2.28. The average molecular weight is 348 g/mol. The fraction of sp³-hybridized carbons (Fsp3) is 0.100. The van der Waals surface area contributed by atoms with Crippen molar-refractivity contribution in [3.05, 3.63) is 72.4 Å². The van der Waals surface area contributed by atoms with E-state index in [2.05, 4.69) is 10.3 Å². The summed E-state index contributed by atoms with van der Waals surface area (Å²) in [6.45, 7) is 0.328. The van der Waals surface area contributed by atoms with Gasteiger partial charge in [-0.1, -0.05) is 12.1 Å². The Bertz CT molecular complexity index is 1050. The molecule has 0 unspecified atom stereocenters. The van der Waals surface area contributed by atoms with Crippen molar-refractivity contribution < 1.29 is 18.4 Å². The summed E-state index contributed by atoms with van der Waals surface area (Å²) < 4.78 is 16.3. The zero-order valence-corrected chi connectivity index (χ0v) is 14.1. The Kier molecular flexibility index (Phi) is 4.15. The van der Waals surface area contributed by atoms with Crippen LogP contribution in [0.15, 0.2) is 70.0 Å². The molecule has 1 amide bonds. The molecule has 26 heavy (non-hydrogen) atoms. The van der Waals surface area contributed by atoms with Gasteiger partial charge in [-0.2, -0.15) is 0 Å². The van der Waals surface area contributed by atoms with Crippen LogP contribution in [0.5, 0.6) is 5.75 Å². The SMILES string of the molecule is COc1cccc2cc(C(=O)NCc3cncc(-c4ccco4)c3)oc12. The Morgan fingerprint density at radius 2 is 2.12 bits per heavy atom. The Labute approximate surface area is 149 Å².